The molecule has 0 atom stereocenters. The summed E-state index contributed by atoms with van der Waals surface area (Å²) < 4.78 is 21.7. The van der Waals surface area contributed by atoms with Gasteiger partial charge in [-0.1, -0.05) is 24.3 Å². The molecule has 0 heterocycles. The summed E-state index contributed by atoms with van der Waals surface area (Å²) in [6, 6.07) is 12.4. The van der Waals surface area contributed by atoms with Crippen molar-refractivity contribution in [1.82, 2.24) is 0 Å². The number of ether oxygens (including phenoxy) is 4. The molecule has 0 bridgehead atoms. The molecule has 0 aliphatic rings. The third-order valence-corrected chi connectivity index (χ3v) is 5.12. The zero-order valence-electron chi connectivity index (χ0n) is 21.4. The van der Waals surface area contributed by atoms with Crippen LogP contribution in [0.15, 0.2) is 42.5 Å². The fraction of sp³-hybridized carbons (Fsp3) is 0.429. The lowest BCUT2D eigenvalue weighted by atomic mass is 9.95. The van der Waals surface area contributed by atoms with Gasteiger partial charge in [-0.25, -0.2) is 0 Å². The molecule has 0 fully saturated rings. The summed E-state index contributed by atoms with van der Waals surface area (Å²) in [5.41, 5.74) is 0.115. The summed E-state index contributed by atoms with van der Waals surface area (Å²) in [4.78, 5) is 24.1. The Morgan fingerprint density at radius 1 is 0.743 bits per heavy atom. The van der Waals surface area contributed by atoms with Crippen LogP contribution in [0.4, 0.5) is 0 Å². The monoisotopic (exact) mass is 484 g/mol. The lowest BCUT2D eigenvalue weighted by Gasteiger charge is -2.22. The molecular weight excluding hydrogens is 448 g/mol. The van der Waals surface area contributed by atoms with Crippen molar-refractivity contribution < 1.29 is 33.6 Å². The highest BCUT2D eigenvalue weighted by molar-refractivity contribution is 5.76. The third-order valence-electron chi connectivity index (χ3n) is 5.12. The highest BCUT2D eigenvalue weighted by atomic mass is 16.5. The molecule has 0 spiro atoms. The number of rotatable bonds is 12. The topological polar surface area (TPSA) is 91.3 Å². The fourth-order valence-electron chi connectivity index (χ4n) is 2.95. The number of carbonyl (C=O) groups is 2. The average Bonchev–Trinajstić information content (AvgIpc) is 2.81. The van der Waals surface area contributed by atoms with Crippen molar-refractivity contribution in [2.45, 2.75) is 41.5 Å². The SMILES string of the molecule is CCOC(=O)C(C)(C)COc1ccc(/C=C/c2cc(O)cc(OCC(C)(C)C(=O)OCC)c2)cc1. The van der Waals surface area contributed by atoms with Crippen molar-refractivity contribution in [3.05, 3.63) is 53.6 Å². The quantitative estimate of drug-likeness (QED) is 0.314. The Balaban J connectivity index is 2.00. The first-order valence-electron chi connectivity index (χ1n) is 11.7. The Hall–Kier alpha value is -3.48. The van der Waals surface area contributed by atoms with Crippen molar-refractivity contribution in [2.24, 2.45) is 10.8 Å². The molecule has 0 aliphatic carbocycles. The van der Waals surface area contributed by atoms with Gasteiger partial charge in [0.15, 0.2) is 0 Å². The van der Waals surface area contributed by atoms with Crippen LogP contribution in [-0.4, -0.2) is 43.5 Å². The summed E-state index contributed by atoms with van der Waals surface area (Å²) in [6.45, 7) is 11.6. The average molecular weight is 485 g/mol. The second-order valence-electron chi connectivity index (χ2n) is 9.45. The van der Waals surface area contributed by atoms with E-state index in [1.54, 1.807) is 53.7 Å². The fourth-order valence-corrected chi connectivity index (χ4v) is 2.95. The van der Waals surface area contributed by atoms with Crippen molar-refractivity contribution in [2.75, 3.05) is 26.4 Å². The highest BCUT2D eigenvalue weighted by Gasteiger charge is 2.31. The molecule has 1 N–H and O–H groups in total. The van der Waals surface area contributed by atoms with E-state index in [9.17, 15) is 14.7 Å². The van der Waals surface area contributed by atoms with E-state index in [0.717, 1.165) is 11.1 Å². The van der Waals surface area contributed by atoms with Crippen molar-refractivity contribution in [3.63, 3.8) is 0 Å². The molecule has 0 unspecified atom stereocenters. The molecule has 2 rings (SSSR count). The lowest BCUT2D eigenvalue weighted by molar-refractivity contribution is -0.155. The van der Waals surface area contributed by atoms with Crippen LogP contribution >= 0.6 is 0 Å². The number of phenols is 1. The third kappa shape index (κ3) is 8.67. The van der Waals surface area contributed by atoms with Crippen LogP contribution in [0.2, 0.25) is 0 Å². The van der Waals surface area contributed by atoms with Crippen LogP contribution in [0, 0.1) is 10.8 Å². The Kier molecular flexibility index (Phi) is 9.75. The van der Waals surface area contributed by atoms with Crippen LogP contribution in [0.3, 0.4) is 0 Å². The Labute approximate surface area is 207 Å². The van der Waals surface area contributed by atoms with E-state index in [0.29, 0.717) is 24.7 Å². The van der Waals surface area contributed by atoms with Gasteiger partial charge in [-0.3, -0.25) is 9.59 Å². The summed E-state index contributed by atoms with van der Waals surface area (Å²) in [7, 11) is 0. The van der Waals surface area contributed by atoms with E-state index in [2.05, 4.69) is 0 Å². The van der Waals surface area contributed by atoms with Gasteiger partial charge in [0, 0.05) is 6.07 Å². The molecule has 7 heteroatoms. The Bertz CT molecular complexity index is 1020. The van der Waals surface area contributed by atoms with Gasteiger partial charge in [0.1, 0.15) is 30.5 Å². The molecule has 2 aromatic rings. The van der Waals surface area contributed by atoms with E-state index < -0.39 is 10.8 Å². The van der Waals surface area contributed by atoms with E-state index in [-0.39, 0.29) is 30.9 Å². The van der Waals surface area contributed by atoms with Gasteiger partial charge in [0.2, 0.25) is 0 Å². The molecule has 7 nitrogen and oxygen atoms in total. The van der Waals surface area contributed by atoms with Crippen LogP contribution < -0.4 is 9.47 Å². The highest BCUT2D eigenvalue weighted by Crippen LogP contribution is 2.27. The number of hydrogen-bond acceptors (Lipinski definition) is 7. The van der Waals surface area contributed by atoms with Gasteiger partial charge < -0.3 is 24.1 Å². The minimum Gasteiger partial charge on any atom is -0.508 e. The van der Waals surface area contributed by atoms with Gasteiger partial charge in [-0.15, -0.1) is 0 Å². The maximum Gasteiger partial charge on any atom is 0.314 e. The van der Waals surface area contributed by atoms with Crippen LogP contribution in [0.5, 0.6) is 17.2 Å². The van der Waals surface area contributed by atoms with E-state index in [1.165, 1.54) is 6.07 Å². The van der Waals surface area contributed by atoms with Gasteiger partial charge in [0.05, 0.1) is 24.0 Å². The number of carbonyl (C=O) groups excluding carboxylic acids is 2. The molecular formula is C28H36O7. The second kappa shape index (κ2) is 12.3. The minimum atomic E-state index is -0.813. The number of aromatic hydroxyl groups is 1. The van der Waals surface area contributed by atoms with Gasteiger partial charge in [0.25, 0.3) is 0 Å². The van der Waals surface area contributed by atoms with Crippen LogP contribution in [0.1, 0.15) is 52.7 Å². The standard InChI is InChI=1S/C28H36O7/c1-7-32-25(30)27(3,4)18-34-23-13-11-20(12-14-23)9-10-21-15-22(29)17-24(16-21)35-19-28(5,6)26(31)33-8-2/h9-17,29H,7-8,18-19H2,1-6H3/b10-9+. The Morgan fingerprint density at radius 2 is 1.23 bits per heavy atom. The predicted octanol–water partition coefficient (Wildman–Crippen LogP) is 5.50. The first kappa shape index (κ1) is 27.8. The van der Waals surface area contributed by atoms with Crippen LogP contribution in [0.25, 0.3) is 12.2 Å². The number of benzene rings is 2. The number of phenolic OH excluding ortho intramolecular Hbond substituents is 1. The minimum absolute atomic E-state index is 0.0593. The molecule has 0 saturated heterocycles. The van der Waals surface area contributed by atoms with Gasteiger partial charge in [-0.2, -0.15) is 0 Å². The maximum atomic E-state index is 12.1. The lowest BCUT2D eigenvalue weighted by Crippen LogP contribution is -2.32. The predicted molar refractivity (Wildman–Crippen MR) is 135 cm³/mol. The first-order chi connectivity index (χ1) is 16.5. The number of hydrogen-bond donors (Lipinski definition) is 1. The normalized spacial score (nSPS) is 11.8. The molecule has 0 radical (unpaired) electrons. The summed E-state index contributed by atoms with van der Waals surface area (Å²) >= 11 is 0. The molecule has 2 aromatic carbocycles. The van der Waals surface area contributed by atoms with E-state index in [1.807, 2.05) is 36.4 Å². The molecule has 0 aliphatic heterocycles. The molecule has 0 aromatic heterocycles. The van der Waals surface area contributed by atoms with Crippen molar-refractivity contribution in [3.8, 4) is 17.2 Å². The van der Waals surface area contributed by atoms with E-state index in [4.69, 9.17) is 18.9 Å². The molecule has 190 valence electrons. The molecule has 35 heavy (non-hydrogen) atoms. The number of esters is 2. The van der Waals surface area contributed by atoms with Crippen LogP contribution in [-0.2, 0) is 19.1 Å². The molecule has 0 saturated carbocycles. The summed E-state index contributed by atoms with van der Waals surface area (Å²) in [5, 5.41) is 10.1. The van der Waals surface area contributed by atoms with Gasteiger partial charge in [-0.05, 0) is 76.9 Å². The zero-order valence-corrected chi connectivity index (χ0v) is 21.4. The van der Waals surface area contributed by atoms with Gasteiger partial charge >= 0.3 is 11.9 Å². The Morgan fingerprint density at radius 3 is 1.74 bits per heavy atom. The van der Waals surface area contributed by atoms with E-state index >= 15 is 0 Å². The summed E-state index contributed by atoms with van der Waals surface area (Å²) in [5.74, 6) is 0.534. The first-order valence-corrected chi connectivity index (χ1v) is 11.7. The van der Waals surface area contributed by atoms with Crippen molar-refractivity contribution in [1.29, 1.82) is 0 Å². The molecule has 0 amide bonds. The van der Waals surface area contributed by atoms with Crippen molar-refractivity contribution >= 4 is 24.1 Å². The smallest absolute Gasteiger partial charge is 0.314 e. The largest absolute Gasteiger partial charge is 0.508 e. The maximum absolute atomic E-state index is 12.1. The zero-order chi connectivity index (χ0) is 26.1. The second-order valence-corrected chi connectivity index (χ2v) is 9.45. The summed E-state index contributed by atoms with van der Waals surface area (Å²) in [6.07, 6.45) is 3.75.